The summed E-state index contributed by atoms with van der Waals surface area (Å²) in [7, 11) is 0. The number of nitrogens with zero attached hydrogens (tertiary/aromatic N) is 2. The molecule has 0 saturated carbocycles. The average Bonchev–Trinajstić information content (AvgIpc) is 3.19. The van der Waals surface area contributed by atoms with Gasteiger partial charge in [0, 0.05) is 24.5 Å². The van der Waals surface area contributed by atoms with Crippen molar-refractivity contribution in [3.63, 3.8) is 0 Å². The lowest BCUT2D eigenvalue weighted by Crippen LogP contribution is -2.46. The number of thiophene rings is 1. The number of hydrogen-bond donors (Lipinski definition) is 2. The van der Waals surface area contributed by atoms with Gasteiger partial charge in [-0.25, -0.2) is 4.98 Å². The van der Waals surface area contributed by atoms with Gasteiger partial charge in [-0.1, -0.05) is 6.07 Å². The van der Waals surface area contributed by atoms with Crippen molar-refractivity contribution in [3.05, 3.63) is 33.5 Å². The highest BCUT2D eigenvalue weighted by atomic mass is 32.1. The van der Waals surface area contributed by atoms with Gasteiger partial charge in [0.1, 0.15) is 0 Å². The number of nitrogens with two attached hydrogens (primary N) is 1. The van der Waals surface area contributed by atoms with Gasteiger partial charge in [-0.2, -0.15) is 0 Å². The standard InChI is InChI=1S/C15H18N4O2S2/c16-10-3-1-5-19(8-10)13(20)7-11-9-23-15(17-11)18-14(21)12-4-2-6-22-12/h2,4,6,9-10H,1,3,5,7-8,16H2,(H,17,18,21). The number of rotatable bonds is 4. The number of anilines is 1. The van der Waals surface area contributed by atoms with Crippen LogP contribution in [0.1, 0.15) is 28.2 Å². The van der Waals surface area contributed by atoms with Crippen molar-refractivity contribution >= 4 is 39.6 Å². The molecule has 2 amide bonds. The molecule has 3 rings (SSSR count). The summed E-state index contributed by atoms with van der Waals surface area (Å²) in [5, 5.41) is 6.94. The first-order valence-electron chi connectivity index (χ1n) is 7.44. The van der Waals surface area contributed by atoms with Crippen LogP contribution in [0.2, 0.25) is 0 Å². The molecule has 23 heavy (non-hydrogen) atoms. The van der Waals surface area contributed by atoms with Gasteiger partial charge >= 0.3 is 0 Å². The Balaban J connectivity index is 1.56. The van der Waals surface area contributed by atoms with E-state index >= 15 is 0 Å². The van der Waals surface area contributed by atoms with Gasteiger partial charge in [-0.3, -0.25) is 14.9 Å². The van der Waals surface area contributed by atoms with Gasteiger partial charge in [0.2, 0.25) is 5.91 Å². The van der Waals surface area contributed by atoms with Crippen LogP contribution < -0.4 is 11.1 Å². The summed E-state index contributed by atoms with van der Waals surface area (Å²) in [5.41, 5.74) is 6.59. The lowest BCUT2D eigenvalue weighted by Gasteiger charge is -2.30. The molecule has 0 radical (unpaired) electrons. The van der Waals surface area contributed by atoms with E-state index < -0.39 is 0 Å². The van der Waals surface area contributed by atoms with E-state index in [1.54, 1.807) is 11.0 Å². The Labute approximate surface area is 142 Å². The topological polar surface area (TPSA) is 88.3 Å². The predicted molar refractivity (Wildman–Crippen MR) is 91.9 cm³/mol. The number of amides is 2. The number of carbonyl (C=O) groups excluding carboxylic acids is 2. The van der Waals surface area contributed by atoms with Gasteiger partial charge in [0.05, 0.1) is 17.0 Å². The number of hydrogen-bond acceptors (Lipinski definition) is 6. The van der Waals surface area contributed by atoms with E-state index in [-0.39, 0.29) is 24.3 Å². The van der Waals surface area contributed by atoms with E-state index in [9.17, 15) is 9.59 Å². The summed E-state index contributed by atoms with van der Waals surface area (Å²) in [4.78, 5) is 31.0. The molecule has 1 unspecified atom stereocenters. The van der Waals surface area contributed by atoms with Gasteiger partial charge < -0.3 is 10.6 Å². The lowest BCUT2D eigenvalue weighted by atomic mass is 10.1. The predicted octanol–water partition coefficient (Wildman–Crippen LogP) is 1.95. The SMILES string of the molecule is NC1CCCN(C(=O)Cc2csc(NC(=O)c3cccs3)n2)C1. The highest BCUT2D eigenvalue weighted by molar-refractivity contribution is 7.14. The summed E-state index contributed by atoms with van der Waals surface area (Å²) in [6.07, 6.45) is 2.17. The Morgan fingerprint density at radius 3 is 3.04 bits per heavy atom. The van der Waals surface area contributed by atoms with Crippen molar-refractivity contribution in [2.45, 2.75) is 25.3 Å². The van der Waals surface area contributed by atoms with Crippen LogP contribution in [0.15, 0.2) is 22.9 Å². The van der Waals surface area contributed by atoms with Gasteiger partial charge in [0.15, 0.2) is 5.13 Å². The van der Waals surface area contributed by atoms with Crippen LogP contribution in [0.25, 0.3) is 0 Å². The second-order valence-electron chi connectivity index (χ2n) is 5.49. The third-order valence-corrected chi connectivity index (χ3v) is 5.34. The molecule has 2 aromatic heterocycles. The maximum absolute atomic E-state index is 12.3. The molecule has 6 nitrogen and oxygen atoms in total. The van der Waals surface area contributed by atoms with Crippen molar-refractivity contribution < 1.29 is 9.59 Å². The minimum absolute atomic E-state index is 0.0431. The molecule has 0 aromatic carbocycles. The van der Waals surface area contributed by atoms with E-state index in [0.29, 0.717) is 22.2 Å². The normalized spacial score (nSPS) is 18.0. The number of carbonyl (C=O) groups is 2. The molecule has 122 valence electrons. The van der Waals surface area contributed by atoms with Crippen LogP contribution >= 0.6 is 22.7 Å². The smallest absolute Gasteiger partial charge is 0.267 e. The molecule has 1 saturated heterocycles. The summed E-state index contributed by atoms with van der Waals surface area (Å²) in [6.45, 7) is 1.38. The highest BCUT2D eigenvalue weighted by Gasteiger charge is 2.22. The van der Waals surface area contributed by atoms with E-state index in [2.05, 4.69) is 10.3 Å². The van der Waals surface area contributed by atoms with Crippen molar-refractivity contribution in [2.24, 2.45) is 5.73 Å². The van der Waals surface area contributed by atoms with Gasteiger partial charge in [-0.15, -0.1) is 22.7 Å². The maximum Gasteiger partial charge on any atom is 0.267 e. The monoisotopic (exact) mass is 350 g/mol. The van der Waals surface area contributed by atoms with Crippen LogP contribution in [0.4, 0.5) is 5.13 Å². The molecule has 2 aromatic rings. The fourth-order valence-electron chi connectivity index (χ4n) is 2.52. The molecule has 0 aliphatic carbocycles. The number of piperidine rings is 1. The minimum atomic E-state index is -0.172. The maximum atomic E-state index is 12.3. The zero-order valence-electron chi connectivity index (χ0n) is 12.5. The van der Waals surface area contributed by atoms with Crippen LogP contribution in [-0.4, -0.2) is 40.8 Å². The molecule has 0 spiro atoms. The van der Waals surface area contributed by atoms with Crippen molar-refractivity contribution in [2.75, 3.05) is 18.4 Å². The second kappa shape index (κ2) is 7.20. The molecule has 1 aliphatic heterocycles. The molecule has 3 heterocycles. The minimum Gasteiger partial charge on any atom is -0.341 e. The molecule has 1 aliphatic rings. The van der Waals surface area contributed by atoms with Gasteiger partial charge in [0.25, 0.3) is 5.91 Å². The van der Waals surface area contributed by atoms with Gasteiger partial charge in [-0.05, 0) is 24.3 Å². The second-order valence-corrected chi connectivity index (χ2v) is 7.30. The van der Waals surface area contributed by atoms with Crippen molar-refractivity contribution in [3.8, 4) is 0 Å². The molecule has 8 heteroatoms. The van der Waals surface area contributed by atoms with Crippen LogP contribution in [-0.2, 0) is 11.2 Å². The number of nitrogens with one attached hydrogen (secondary N) is 1. The fraction of sp³-hybridized carbons (Fsp3) is 0.400. The summed E-state index contributed by atoms with van der Waals surface area (Å²) < 4.78 is 0. The lowest BCUT2D eigenvalue weighted by molar-refractivity contribution is -0.131. The Hall–Kier alpha value is -1.77. The third-order valence-electron chi connectivity index (χ3n) is 3.66. The average molecular weight is 350 g/mol. The zero-order chi connectivity index (χ0) is 16.2. The first-order valence-corrected chi connectivity index (χ1v) is 9.20. The Kier molecular flexibility index (Phi) is 5.04. The molecule has 0 bridgehead atoms. The fourth-order valence-corrected chi connectivity index (χ4v) is 3.84. The molecule has 3 N–H and O–H groups in total. The van der Waals surface area contributed by atoms with E-state index in [0.717, 1.165) is 19.4 Å². The molecule has 1 fully saturated rings. The number of thiazole rings is 1. The van der Waals surface area contributed by atoms with Crippen LogP contribution in [0.3, 0.4) is 0 Å². The van der Waals surface area contributed by atoms with E-state index in [1.807, 2.05) is 16.8 Å². The number of likely N-dealkylation sites (tertiary alicyclic amines) is 1. The first kappa shape index (κ1) is 16.1. The molecular formula is C15H18N4O2S2. The van der Waals surface area contributed by atoms with E-state index in [4.69, 9.17) is 5.73 Å². The van der Waals surface area contributed by atoms with Crippen molar-refractivity contribution in [1.29, 1.82) is 0 Å². The van der Waals surface area contributed by atoms with E-state index in [1.165, 1.54) is 22.7 Å². The third kappa shape index (κ3) is 4.15. The Bertz CT molecular complexity index is 683. The highest BCUT2D eigenvalue weighted by Crippen LogP contribution is 2.19. The van der Waals surface area contributed by atoms with Crippen molar-refractivity contribution in [1.82, 2.24) is 9.88 Å². The summed E-state index contributed by atoms with van der Waals surface area (Å²) in [5.74, 6) is -0.129. The summed E-state index contributed by atoms with van der Waals surface area (Å²) >= 11 is 2.71. The zero-order valence-corrected chi connectivity index (χ0v) is 14.2. The Morgan fingerprint density at radius 1 is 1.43 bits per heavy atom. The number of aromatic nitrogens is 1. The summed E-state index contributed by atoms with van der Waals surface area (Å²) in [6, 6.07) is 3.66. The largest absolute Gasteiger partial charge is 0.341 e. The molecule has 1 atom stereocenters. The van der Waals surface area contributed by atoms with Crippen LogP contribution in [0.5, 0.6) is 0 Å². The quantitative estimate of drug-likeness (QED) is 0.882. The van der Waals surface area contributed by atoms with Crippen LogP contribution in [0, 0.1) is 0 Å². The molecular weight excluding hydrogens is 332 g/mol. The first-order chi connectivity index (χ1) is 11.1. The Morgan fingerprint density at radius 2 is 2.30 bits per heavy atom.